The number of alkyl carbamates (subject to hydrolysis) is 1. The first-order chi connectivity index (χ1) is 12.5. The minimum atomic E-state index is -1.08. The maximum atomic E-state index is 12.2. The topological polar surface area (TPSA) is 125 Å². The molecule has 1 atom stereocenters. The summed E-state index contributed by atoms with van der Waals surface area (Å²) in [7, 11) is 0. The molecule has 27 heavy (non-hydrogen) atoms. The summed E-state index contributed by atoms with van der Waals surface area (Å²) in [6.45, 7) is 6.78. The largest absolute Gasteiger partial charge is 0.464 e. The van der Waals surface area contributed by atoms with Gasteiger partial charge in [0.15, 0.2) is 0 Å². The molecule has 0 unspecified atom stereocenters. The second-order valence-corrected chi connectivity index (χ2v) is 7.35. The number of esters is 1. The molecule has 0 bridgehead atoms. The molecule has 1 rings (SSSR count). The van der Waals surface area contributed by atoms with Gasteiger partial charge in [-0.3, -0.25) is 14.9 Å². The number of thioether (sulfide) groups is 1. The molecule has 0 radical (unpaired) electrons. The quantitative estimate of drug-likeness (QED) is 0.422. The summed E-state index contributed by atoms with van der Waals surface area (Å²) in [6.07, 6.45) is -0.802. The summed E-state index contributed by atoms with van der Waals surface area (Å²) in [5, 5.41) is 12.6. The van der Waals surface area contributed by atoms with E-state index in [1.807, 2.05) is 0 Å². The predicted molar refractivity (Wildman–Crippen MR) is 99.7 cm³/mol. The highest BCUT2D eigenvalue weighted by atomic mass is 32.2. The number of benzene rings is 1. The second kappa shape index (κ2) is 9.91. The van der Waals surface area contributed by atoms with Crippen molar-refractivity contribution in [3.63, 3.8) is 0 Å². The molecule has 0 spiro atoms. The van der Waals surface area contributed by atoms with Gasteiger partial charge in [-0.05, 0) is 39.8 Å². The van der Waals surface area contributed by atoms with Gasteiger partial charge >= 0.3 is 12.1 Å². The van der Waals surface area contributed by atoms with E-state index < -0.39 is 33.7 Å². The zero-order valence-corrected chi connectivity index (χ0v) is 16.3. The number of nitrogens with zero attached hydrogens (tertiary/aromatic N) is 1. The van der Waals surface area contributed by atoms with E-state index in [4.69, 9.17) is 9.47 Å². The minimum absolute atomic E-state index is 0.0755. The van der Waals surface area contributed by atoms with Crippen LogP contribution in [0.3, 0.4) is 0 Å². The fraction of sp³-hybridized carbons (Fsp3) is 0.471. The molecular formula is C17H22N2O7S. The van der Waals surface area contributed by atoms with Gasteiger partial charge in [-0.2, -0.15) is 0 Å². The number of hydrogen-bond donors (Lipinski definition) is 1. The van der Waals surface area contributed by atoms with E-state index in [9.17, 15) is 24.5 Å². The number of ether oxygens (including phenoxy) is 2. The lowest BCUT2D eigenvalue weighted by Crippen LogP contribution is -2.46. The van der Waals surface area contributed by atoms with Crippen molar-refractivity contribution in [1.29, 1.82) is 0 Å². The Hall–Kier alpha value is -2.62. The van der Waals surface area contributed by atoms with Crippen LogP contribution in [0.1, 0.15) is 38.1 Å². The van der Waals surface area contributed by atoms with Gasteiger partial charge in [-0.15, -0.1) is 0 Å². The minimum Gasteiger partial charge on any atom is -0.464 e. The second-order valence-electron chi connectivity index (χ2n) is 6.35. The van der Waals surface area contributed by atoms with E-state index in [0.29, 0.717) is 0 Å². The number of amides is 1. The Bertz CT molecular complexity index is 698. The van der Waals surface area contributed by atoms with Crippen LogP contribution in [-0.4, -0.2) is 46.1 Å². The van der Waals surface area contributed by atoms with E-state index in [-0.39, 0.29) is 23.6 Å². The van der Waals surface area contributed by atoms with Crippen LogP contribution in [0, 0.1) is 10.1 Å². The molecule has 0 heterocycles. The average molecular weight is 398 g/mol. The van der Waals surface area contributed by atoms with Crippen LogP contribution in [0.4, 0.5) is 10.5 Å². The van der Waals surface area contributed by atoms with Crippen LogP contribution >= 0.6 is 11.8 Å². The average Bonchev–Trinajstić information content (AvgIpc) is 2.56. The van der Waals surface area contributed by atoms with Crippen molar-refractivity contribution in [3.05, 3.63) is 39.9 Å². The maximum Gasteiger partial charge on any atom is 0.408 e. The Morgan fingerprint density at radius 1 is 1.22 bits per heavy atom. The fourth-order valence-corrected chi connectivity index (χ4v) is 2.66. The molecular weight excluding hydrogens is 376 g/mol. The molecule has 0 saturated carbocycles. The van der Waals surface area contributed by atoms with Gasteiger partial charge in [0, 0.05) is 23.4 Å². The highest BCUT2D eigenvalue weighted by molar-refractivity contribution is 8.14. The summed E-state index contributed by atoms with van der Waals surface area (Å²) in [4.78, 5) is 46.2. The lowest BCUT2D eigenvalue weighted by molar-refractivity contribution is -0.384. The van der Waals surface area contributed by atoms with E-state index in [1.165, 1.54) is 24.3 Å². The first kappa shape index (κ1) is 22.4. The number of hydrogen-bond acceptors (Lipinski definition) is 8. The SMILES string of the molecule is CCOC(=O)[C@H](CSC(=O)c1ccc([N+](=O)[O-])cc1)NC(=O)OC(C)(C)C. The highest BCUT2D eigenvalue weighted by Crippen LogP contribution is 2.18. The number of nitro groups is 1. The van der Waals surface area contributed by atoms with Crippen molar-refractivity contribution < 1.29 is 28.8 Å². The maximum absolute atomic E-state index is 12.2. The van der Waals surface area contributed by atoms with Crippen molar-refractivity contribution in [2.75, 3.05) is 12.4 Å². The molecule has 1 aromatic rings. The Kier molecular flexibility index (Phi) is 8.23. The van der Waals surface area contributed by atoms with Crippen molar-refractivity contribution in [1.82, 2.24) is 5.32 Å². The molecule has 1 aromatic carbocycles. The molecule has 1 amide bonds. The van der Waals surface area contributed by atoms with E-state index in [2.05, 4.69) is 5.32 Å². The van der Waals surface area contributed by atoms with E-state index in [1.54, 1.807) is 27.7 Å². The molecule has 148 valence electrons. The zero-order valence-electron chi connectivity index (χ0n) is 15.5. The Morgan fingerprint density at radius 3 is 2.30 bits per heavy atom. The van der Waals surface area contributed by atoms with Crippen molar-refractivity contribution in [2.24, 2.45) is 0 Å². The molecule has 9 nitrogen and oxygen atoms in total. The van der Waals surface area contributed by atoms with E-state index >= 15 is 0 Å². The first-order valence-electron chi connectivity index (χ1n) is 8.11. The van der Waals surface area contributed by atoms with Gasteiger partial charge < -0.3 is 14.8 Å². The lowest BCUT2D eigenvalue weighted by Gasteiger charge is -2.22. The third-order valence-electron chi connectivity index (χ3n) is 2.96. The first-order valence-corrected chi connectivity index (χ1v) is 9.09. The monoisotopic (exact) mass is 398 g/mol. The summed E-state index contributed by atoms with van der Waals surface area (Å²) in [5.41, 5.74) is -0.636. The van der Waals surface area contributed by atoms with Gasteiger partial charge in [0.05, 0.1) is 11.5 Å². The van der Waals surface area contributed by atoms with Crippen molar-refractivity contribution >= 4 is 34.6 Å². The molecule has 0 aliphatic carbocycles. The number of non-ortho nitro benzene ring substituents is 1. The standard InChI is InChI=1S/C17H22N2O7S/c1-5-25-14(20)13(18-16(22)26-17(2,3)4)10-27-15(21)11-6-8-12(9-7-11)19(23)24/h6-9,13H,5,10H2,1-4H3,(H,18,22)/t13-/m0/s1. The van der Waals surface area contributed by atoms with Crippen molar-refractivity contribution in [2.45, 2.75) is 39.3 Å². The van der Waals surface area contributed by atoms with Crippen LogP contribution in [0.2, 0.25) is 0 Å². The van der Waals surface area contributed by atoms with Crippen LogP contribution in [-0.2, 0) is 14.3 Å². The molecule has 0 aliphatic heterocycles. The van der Waals surface area contributed by atoms with Gasteiger partial charge in [-0.25, -0.2) is 9.59 Å². The molecule has 0 aromatic heterocycles. The fourth-order valence-electron chi connectivity index (χ4n) is 1.82. The van der Waals surface area contributed by atoms with Crippen molar-refractivity contribution in [3.8, 4) is 0 Å². The molecule has 0 saturated heterocycles. The zero-order chi connectivity index (χ0) is 20.6. The summed E-state index contributed by atoms with van der Waals surface area (Å²) >= 11 is 0.786. The number of nitro benzene ring substituents is 1. The number of rotatable bonds is 7. The molecule has 10 heteroatoms. The smallest absolute Gasteiger partial charge is 0.408 e. The van der Waals surface area contributed by atoms with Crippen LogP contribution in [0.5, 0.6) is 0 Å². The number of carbonyl (C=O) groups excluding carboxylic acids is 3. The Balaban J connectivity index is 2.74. The lowest BCUT2D eigenvalue weighted by atomic mass is 10.2. The highest BCUT2D eigenvalue weighted by Gasteiger charge is 2.26. The van der Waals surface area contributed by atoms with Crippen LogP contribution in [0.15, 0.2) is 24.3 Å². The van der Waals surface area contributed by atoms with Gasteiger partial charge in [0.1, 0.15) is 11.6 Å². The number of nitrogens with one attached hydrogen (secondary N) is 1. The third-order valence-corrected chi connectivity index (χ3v) is 3.95. The number of carbonyl (C=O) groups is 3. The summed E-state index contributed by atoms with van der Waals surface area (Å²) in [6, 6.07) is 4.01. The normalized spacial score (nSPS) is 12.0. The van der Waals surface area contributed by atoms with Gasteiger partial charge in [0.25, 0.3) is 5.69 Å². The Morgan fingerprint density at radius 2 is 1.81 bits per heavy atom. The molecule has 0 aliphatic rings. The summed E-state index contributed by atoms with van der Waals surface area (Å²) in [5.74, 6) is -0.763. The summed E-state index contributed by atoms with van der Waals surface area (Å²) < 4.78 is 10.0. The molecule has 0 fully saturated rings. The van der Waals surface area contributed by atoms with E-state index in [0.717, 1.165) is 11.8 Å². The Labute approximate surface area is 160 Å². The van der Waals surface area contributed by atoms with Crippen LogP contribution < -0.4 is 5.32 Å². The molecule has 1 N–H and O–H groups in total. The van der Waals surface area contributed by atoms with Crippen LogP contribution in [0.25, 0.3) is 0 Å². The third kappa shape index (κ3) is 8.07. The van der Waals surface area contributed by atoms with Gasteiger partial charge in [-0.1, -0.05) is 11.8 Å². The van der Waals surface area contributed by atoms with Gasteiger partial charge in [0.2, 0.25) is 5.12 Å². The predicted octanol–water partition coefficient (Wildman–Crippen LogP) is 2.92.